The number of esters is 1. The van der Waals surface area contributed by atoms with Gasteiger partial charge >= 0.3 is 5.97 Å². The summed E-state index contributed by atoms with van der Waals surface area (Å²) in [6.45, 7) is 4.10. The molecule has 0 spiro atoms. The average Bonchev–Trinajstić information content (AvgIpc) is 2.26. The summed E-state index contributed by atoms with van der Waals surface area (Å²) in [7, 11) is 0. The molecule has 16 heavy (non-hydrogen) atoms. The Kier molecular flexibility index (Phi) is 6.21. The third-order valence-electron chi connectivity index (χ3n) is 2.88. The molecule has 1 saturated carbocycles. The Morgan fingerprint density at radius 3 is 2.75 bits per heavy atom. The highest BCUT2D eigenvalue weighted by Crippen LogP contribution is 2.26. The summed E-state index contributed by atoms with van der Waals surface area (Å²) >= 11 is 1.90. The van der Waals surface area contributed by atoms with E-state index >= 15 is 0 Å². The number of hydrogen-bond donors (Lipinski definition) is 1. The van der Waals surface area contributed by atoms with E-state index in [1.54, 1.807) is 0 Å². The molecule has 3 nitrogen and oxygen atoms in total. The molecule has 1 fully saturated rings. The summed E-state index contributed by atoms with van der Waals surface area (Å²) in [5.41, 5.74) is 0. The minimum absolute atomic E-state index is 0.0167. The SMILES string of the molecule is CSC1CCCCC1NCC(=O)OC(C)C. The van der Waals surface area contributed by atoms with E-state index in [1.807, 2.05) is 25.6 Å². The summed E-state index contributed by atoms with van der Waals surface area (Å²) in [5.74, 6) is -0.138. The van der Waals surface area contributed by atoms with Gasteiger partial charge in [0.1, 0.15) is 0 Å². The van der Waals surface area contributed by atoms with E-state index in [-0.39, 0.29) is 12.1 Å². The largest absolute Gasteiger partial charge is 0.462 e. The summed E-state index contributed by atoms with van der Waals surface area (Å²) in [6.07, 6.45) is 7.17. The van der Waals surface area contributed by atoms with E-state index in [2.05, 4.69) is 11.6 Å². The number of ether oxygens (including phenoxy) is 1. The fourth-order valence-electron chi connectivity index (χ4n) is 2.13. The van der Waals surface area contributed by atoms with Crippen LogP contribution in [0.2, 0.25) is 0 Å². The number of carbonyl (C=O) groups excluding carboxylic acids is 1. The van der Waals surface area contributed by atoms with Crippen molar-refractivity contribution >= 4 is 17.7 Å². The van der Waals surface area contributed by atoms with Crippen LogP contribution in [0.3, 0.4) is 0 Å². The van der Waals surface area contributed by atoms with Crippen molar-refractivity contribution in [1.29, 1.82) is 0 Å². The molecule has 94 valence electrons. The molecule has 0 bridgehead atoms. The highest BCUT2D eigenvalue weighted by atomic mass is 32.2. The first-order valence-electron chi connectivity index (χ1n) is 6.09. The number of carbonyl (C=O) groups is 1. The topological polar surface area (TPSA) is 38.3 Å². The van der Waals surface area contributed by atoms with Crippen LogP contribution in [0.25, 0.3) is 0 Å². The highest BCUT2D eigenvalue weighted by Gasteiger charge is 2.24. The van der Waals surface area contributed by atoms with Gasteiger partial charge in [-0.2, -0.15) is 11.8 Å². The van der Waals surface area contributed by atoms with Crippen LogP contribution in [0.5, 0.6) is 0 Å². The summed E-state index contributed by atoms with van der Waals surface area (Å²) < 4.78 is 5.10. The molecule has 2 atom stereocenters. The van der Waals surface area contributed by atoms with Crippen molar-refractivity contribution in [2.75, 3.05) is 12.8 Å². The summed E-state index contributed by atoms with van der Waals surface area (Å²) in [5, 5.41) is 3.99. The van der Waals surface area contributed by atoms with Gasteiger partial charge in [-0.1, -0.05) is 12.8 Å². The van der Waals surface area contributed by atoms with E-state index in [0.29, 0.717) is 17.8 Å². The van der Waals surface area contributed by atoms with E-state index in [9.17, 15) is 4.79 Å². The molecule has 1 rings (SSSR count). The zero-order chi connectivity index (χ0) is 12.0. The quantitative estimate of drug-likeness (QED) is 0.754. The Hall–Kier alpha value is -0.220. The van der Waals surface area contributed by atoms with Crippen LogP contribution < -0.4 is 5.32 Å². The van der Waals surface area contributed by atoms with Crippen molar-refractivity contribution < 1.29 is 9.53 Å². The van der Waals surface area contributed by atoms with Crippen molar-refractivity contribution in [3.8, 4) is 0 Å². The van der Waals surface area contributed by atoms with Gasteiger partial charge in [-0.05, 0) is 32.9 Å². The smallest absolute Gasteiger partial charge is 0.320 e. The average molecular weight is 245 g/mol. The lowest BCUT2D eigenvalue weighted by Gasteiger charge is -2.30. The molecule has 1 aliphatic rings. The van der Waals surface area contributed by atoms with E-state index in [0.717, 1.165) is 0 Å². The molecule has 0 aromatic rings. The molecule has 1 aliphatic carbocycles. The Morgan fingerprint density at radius 1 is 1.44 bits per heavy atom. The van der Waals surface area contributed by atoms with Crippen LogP contribution in [-0.2, 0) is 9.53 Å². The third kappa shape index (κ3) is 4.74. The normalized spacial score (nSPS) is 25.8. The third-order valence-corrected chi connectivity index (χ3v) is 4.05. The fraction of sp³-hybridized carbons (Fsp3) is 0.917. The van der Waals surface area contributed by atoms with Gasteiger partial charge in [-0.25, -0.2) is 0 Å². The summed E-state index contributed by atoms with van der Waals surface area (Å²) in [4.78, 5) is 11.4. The molecule has 1 N–H and O–H groups in total. The van der Waals surface area contributed by atoms with E-state index < -0.39 is 0 Å². The van der Waals surface area contributed by atoms with Crippen LogP contribution >= 0.6 is 11.8 Å². The first kappa shape index (κ1) is 13.8. The lowest BCUT2D eigenvalue weighted by atomic mass is 9.95. The molecular weight excluding hydrogens is 222 g/mol. The Labute approximate surface area is 103 Å². The Bertz CT molecular complexity index is 221. The number of nitrogens with one attached hydrogen (secondary N) is 1. The van der Waals surface area contributed by atoms with Gasteiger partial charge in [0.25, 0.3) is 0 Å². The minimum Gasteiger partial charge on any atom is -0.462 e. The number of thioether (sulfide) groups is 1. The number of rotatable bonds is 5. The second-order valence-corrected chi connectivity index (χ2v) is 5.66. The van der Waals surface area contributed by atoms with Gasteiger partial charge in [0.2, 0.25) is 0 Å². The first-order chi connectivity index (χ1) is 7.63. The fourth-order valence-corrected chi connectivity index (χ4v) is 3.09. The van der Waals surface area contributed by atoms with Gasteiger partial charge in [0.05, 0.1) is 12.6 Å². The Morgan fingerprint density at radius 2 is 2.12 bits per heavy atom. The molecule has 0 aromatic carbocycles. The van der Waals surface area contributed by atoms with Gasteiger partial charge in [-0.15, -0.1) is 0 Å². The first-order valence-corrected chi connectivity index (χ1v) is 7.38. The molecule has 0 radical (unpaired) electrons. The Balaban J connectivity index is 2.27. The molecule has 2 unspecified atom stereocenters. The predicted octanol–water partition coefficient (Wildman–Crippen LogP) is 2.20. The lowest BCUT2D eigenvalue weighted by Crippen LogP contribution is -2.43. The maximum Gasteiger partial charge on any atom is 0.320 e. The van der Waals surface area contributed by atoms with Crippen LogP contribution in [0.15, 0.2) is 0 Å². The standard InChI is InChI=1S/C12H23NO2S/c1-9(2)15-12(14)8-13-10-6-4-5-7-11(10)16-3/h9-11,13H,4-8H2,1-3H3. The molecular formula is C12H23NO2S. The van der Waals surface area contributed by atoms with Crippen molar-refractivity contribution in [2.24, 2.45) is 0 Å². The lowest BCUT2D eigenvalue weighted by molar-refractivity contribution is -0.146. The monoisotopic (exact) mass is 245 g/mol. The molecule has 4 heteroatoms. The molecule has 0 aliphatic heterocycles. The van der Waals surface area contributed by atoms with Crippen molar-refractivity contribution in [1.82, 2.24) is 5.32 Å². The highest BCUT2D eigenvalue weighted by molar-refractivity contribution is 7.99. The van der Waals surface area contributed by atoms with Crippen LogP contribution in [0.1, 0.15) is 39.5 Å². The van der Waals surface area contributed by atoms with Crippen LogP contribution in [0.4, 0.5) is 0 Å². The van der Waals surface area contributed by atoms with Crippen molar-refractivity contribution in [3.05, 3.63) is 0 Å². The van der Waals surface area contributed by atoms with E-state index in [4.69, 9.17) is 4.74 Å². The predicted molar refractivity (Wildman–Crippen MR) is 68.8 cm³/mol. The minimum atomic E-state index is -0.138. The summed E-state index contributed by atoms with van der Waals surface area (Å²) in [6, 6.07) is 0.475. The zero-order valence-corrected chi connectivity index (χ0v) is 11.3. The van der Waals surface area contributed by atoms with Gasteiger partial charge < -0.3 is 10.1 Å². The molecule has 0 aromatic heterocycles. The number of hydrogen-bond acceptors (Lipinski definition) is 4. The molecule has 0 amide bonds. The maximum absolute atomic E-state index is 11.4. The van der Waals surface area contributed by atoms with Gasteiger partial charge in [0.15, 0.2) is 0 Å². The maximum atomic E-state index is 11.4. The van der Waals surface area contributed by atoms with Crippen molar-refractivity contribution in [2.45, 2.75) is 56.9 Å². The second kappa shape index (κ2) is 7.17. The second-order valence-electron chi connectivity index (χ2n) is 4.58. The van der Waals surface area contributed by atoms with E-state index in [1.165, 1.54) is 25.7 Å². The zero-order valence-electron chi connectivity index (χ0n) is 10.5. The van der Waals surface area contributed by atoms with Crippen LogP contribution in [0, 0.1) is 0 Å². The molecule has 0 heterocycles. The van der Waals surface area contributed by atoms with Crippen LogP contribution in [-0.4, -0.2) is 36.2 Å². The van der Waals surface area contributed by atoms with Gasteiger partial charge in [0, 0.05) is 11.3 Å². The van der Waals surface area contributed by atoms with Gasteiger partial charge in [-0.3, -0.25) is 4.79 Å². The van der Waals surface area contributed by atoms with Crippen molar-refractivity contribution in [3.63, 3.8) is 0 Å². The molecule has 0 saturated heterocycles.